The quantitative estimate of drug-likeness (QED) is 0.447. The second-order valence-electron chi connectivity index (χ2n) is 6.25. The predicted molar refractivity (Wildman–Crippen MR) is 109 cm³/mol. The fourth-order valence-electron chi connectivity index (χ4n) is 2.82. The van der Waals surface area contributed by atoms with Gasteiger partial charge >= 0.3 is 0 Å². The predicted octanol–water partition coefficient (Wildman–Crippen LogP) is 3.36. The van der Waals surface area contributed by atoms with Crippen LogP contribution < -0.4 is 15.0 Å². The van der Waals surface area contributed by atoms with E-state index in [9.17, 15) is 4.79 Å². The number of benzene rings is 1. The lowest BCUT2D eigenvalue weighted by Gasteiger charge is -2.07. The summed E-state index contributed by atoms with van der Waals surface area (Å²) in [5.41, 5.74) is 2.79. The summed E-state index contributed by atoms with van der Waals surface area (Å²) in [6.07, 6.45) is 1.77. The lowest BCUT2D eigenvalue weighted by molar-refractivity contribution is 0.393. The molecule has 0 spiro atoms. The van der Waals surface area contributed by atoms with E-state index < -0.39 is 0 Å². The first-order valence-corrected chi connectivity index (χ1v) is 9.73. The number of ether oxygens (including phenoxy) is 2. The fourth-order valence-corrected chi connectivity index (χ4v) is 3.48. The molecular formula is C20H18N4O4S. The third kappa shape index (κ3) is 3.95. The van der Waals surface area contributed by atoms with Gasteiger partial charge in [-0.05, 0) is 30.7 Å². The van der Waals surface area contributed by atoms with Crippen molar-refractivity contribution < 1.29 is 13.9 Å². The van der Waals surface area contributed by atoms with Gasteiger partial charge in [-0.15, -0.1) is 10.2 Å². The number of rotatable bonds is 6. The van der Waals surface area contributed by atoms with Crippen LogP contribution in [0.4, 0.5) is 0 Å². The maximum absolute atomic E-state index is 12.3. The van der Waals surface area contributed by atoms with Crippen LogP contribution in [0.15, 0.2) is 57.0 Å². The zero-order chi connectivity index (χ0) is 20.4. The molecule has 1 aromatic carbocycles. The van der Waals surface area contributed by atoms with Gasteiger partial charge in [0.25, 0.3) is 16.7 Å². The van der Waals surface area contributed by atoms with Crippen LogP contribution in [0.25, 0.3) is 17.1 Å². The summed E-state index contributed by atoms with van der Waals surface area (Å²) in [5.74, 6) is 2.02. The van der Waals surface area contributed by atoms with Crippen LogP contribution in [0, 0.1) is 6.92 Å². The molecular weight excluding hydrogens is 392 g/mol. The Morgan fingerprint density at radius 1 is 1.10 bits per heavy atom. The highest BCUT2D eigenvalue weighted by Gasteiger charge is 2.15. The molecule has 0 aliphatic heterocycles. The van der Waals surface area contributed by atoms with E-state index in [2.05, 4.69) is 15.2 Å². The molecule has 0 amide bonds. The maximum atomic E-state index is 12.3. The van der Waals surface area contributed by atoms with Crippen LogP contribution in [-0.4, -0.2) is 33.8 Å². The van der Waals surface area contributed by atoms with Crippen LogP contribution in [0.2, 0.25) is 0 Å². The molecule has 0 fully saturated rings. The van der Waals surface area contributed by atoms with E-state index in [1.54, 1.807) is 38.6 Å². The summed E-state index contributed by atoms with van der Waals surface area (Å²) >= 11 is 1.31. The Hall–Kier alpha value is -3.33. The normalized spacial score (nSPS) is 11.0. The van der Waals surface area contributed by atoms with Gasteiger partial charge < -0.3 is 13.9 Å². The van der Waals surface area contributed by atoms with Gasteiger partial charge in [-0.1, -0.05) is 17.8 Å². The molecule has 0 saturated carbocycles. The van der Waals surface area contributed by atoms with Gasteiger partial charge in [-0.2, -0.15) is 0 Å². The molecule has 0 unspecified atom stereocenters. The third-order valence-corrected chi connectivity index (χ3v) is 5.10. The SMILES string of the molecule is COc1ccc(-c2nnc(SCc3cc(=O)n4cc(C)ccc4n3)o2)c(OC)c1. The van der Waals surface area contributed by atoms with E-state index in [-0.39, 0.29) is 5.56 Å². The summed E-state index contributed by atoms with van der Waals surface area (Å²) in [4.78, 5) is 16.8. The van der Waals surface area contributed by atoms with Crippen molar-refractivity contribution in [2.75, 3.05) is 14.2 Å². The van der Waals surface area contributed by atoms with Crippen molar-refractivity contribution in [3.8, 4) is 23.0 Å². The molecule has 0 bridgehead atoms. The lowest BCUT2D eigenvalue weighted by atomic mass is 10.2. The first-order chi connectivity index (χ1) is 14.1. The van der Waals surface area contributed by atoms with E-state index in [0.717, 1.165) is 5.56 Å². The molecule has 9 heteroatoms. The van der Waals surface area contributed by atoms with Crippen molar-refractivity contribution in [2.45, 2.75) is 17.9 Å². The van der Waals surface area contributed by atoms with Gasteiger partial charge in [0, 0.05) is 24.1 Å². The van der Waals surface area contributed by atoms with Crippen LogP contribution >= 0.6 is 11.8 Å². The van der Waals surface area contributed by atoms with Crippen LogP contribution in [0.1, 0.15) is 11.3 Å². The topological polar surface area (TPSA) is 91.8 Å². The van der Waals surface area contributed by atoms with Crippen molar-refractivity contribution in [3.05, 3.63) is 64.2 Å². The van der Waals surface area contributed by atoms with E-state index >= 15 is 0 Å². The average Bonchev–Trinajstić information content (AvgIpc) is 3.21. The van der Waals surface area contributed by atoms with Crippen LogP contribution in [0.5, 0.6) is 11.5 Å². The number of hydrogen-bond donors (Lipinski definition) is 0. The Labute approximate surface area is 170 Å². The molecule has 0 aliphatic carbocycles. The molecule has 0 radical (unpaired) electrons. The molecule has 148 valence electrons. The zero-order valence-electron chi connectivity index (χ0n) is 16.1. The molecule has 0 atom stereocenters. The van der Waals surface area contributed by atoms with Gasteiger partial charge in [0.15, 0.2) is 0 Å². The van der Waals surface area contributed by atoms with Crippen molar-refractivity contribution in [1.82, 2.24) is 19.6 Å². The largest absolute Gasteiger partial charge is 0.497 e. The van der Waals surface area contributed by atoms with Crippen molar-refractivity contribution in [3.63, 3.8) is 0 Å². The summed E-state index contributed by atoms with van der Waals surface area (Å²) in [6, 6.07) is 10.6. The monoisotopic (exact) mass is 410 g/mol. The second kappa shape index (κ2) is 7.96. The summed E-state index contributed by atoms with van der Waals surface area (Å²) in [7, 11) is 3.15. The number of thioether (sulfide) groups is 1. The van der Waals surface area contributed by atoms with Crippen LogP contribution in [0.3, 0.4) is 0 Å². The third-order valence-electron chi connectivity index (χ3n) is 4.25. The standard InChI is InChI=1S/C20H18N4O4S/c1-12-4-7-17-21-13(8-18(25)24(17)10-12)11-29-20-23-22-19(28-20)15-6-5-14(26-2)9-16(15)27-3/h4-10H,11H2,1-3H3. The Morgan fingerprint density at radius 2 is 1.97 bits per heavy atom. The molecule has 3 aromatic heterocycles. The van der Waals surface area contributed by atoms with E-state index in [1.165, 1.54) is 22.2 Å². The minimum Gasteiger partial charge on any atom is -0.497 e. The van der Waals surface area contributed by atoms with Crippen molar-refractivity contribution >= 4 is 17.4 Å². The van der Waals surface area contributed by atoms with E-state index in [1.807, 2.05) is 19.1 Å². The molecule has 4 rings (SSSR count). The molecule has 29 heavy (non-hydrogen) atoms. The van der Waals surface area contributed by atoms with E-state index in [0.29, 0.717) is 45.3 Å². The minimum absolute atomic E-state index is 0.122. The van der Waals surface area contributed by atoms with Gasteiger partial charge in [0.2, 0.25) is 0 Å². The van der Waals surface area contributed by atoms with Gasteiger partial charge in [0.05, 0.1) is 25.5 Å². The molecule has 4 aromatic rings. The van der Waals surface area contributed by atoms with Crippen molar-refractivity contribution in [1.29, 1.82) is 0 Å². The maximum Gasteiger partial charge on any atom is 0.277 e. The zero-order valence-corrected chi connectivity index (χ0v) is 16.9. The Bertz CT molecular complexity index is 1230. The number of aromatic nitrogens is 4. The van der Waals surface area contributed by atoms with Crippen LogP contribution in [-0.2, 0) is 5.75 Å². The highest BCUT2D eigenvalue weighted by atomic mass is 32.2. The number of pyridine rings is 1. The molecule has 8 nitrogen and oxygen atoms in total. The number of hydrogen-bond acceptors (Lipinski definition) is 8. The molecule has 0 N–H and O–H groups in total. The minimum atomic E-state index is -0.122. The number of nitrogens with zero attached hydrogens (tertiary/aromatic N) is 4. The van der Waals surface area contributed by atoms with E-state index in [4.69, 9.17) is 13.9 Å². The number of fused-ring (bicyclic) bond motifs is 1. The number of methoxy groups -OCH3 is 2. The average molecular weight is 410 g/mol. The molecule has 0 aliphatic rings. The molecule has 3 heterocycles. The van der Waals surface area contributed by atoms with Gasteiger partial charge in [-0.3, -0.25) is 9.20 Å². The fraction of sp³-hybridized carbons (Fsp3) is 0.200. The highest BCUT2D eigenvalue weighted by Crippen LogP contribution is 2.34. The Morgan fingerprint density at radius 3 is 2.76 bits per heavy atom. The molecule has 0 saturated heterocycles. The van der Waals surface area contributed by atoms with Gasteiger partial charge in [-0.25, -0.2) is 4.98 Å². The Kier molecular flexibility index (Phi) is 5.22. The van der Waals surface area contributed by atoms with Crippen molar-refractivity contribution in [2.24, 2.45) is 0 Å². The summed E-state index contributed by atoms with van der Waals surface area (Å²) in [5, 5.41) is 8.54. The highest BCUT2D eigenvalue weighted by molar-refractivity contribution is 7.98. The summed E-state index contributed by atoms with van der Waals surface area (Å²) < 4.78 is 17.9. The summed E-state index contributed by atoms with van der Waals surface area (Å²) in [6.45, 7) is 1.93. The Balaban J connectivity index is 1.54. The first-order valence-electron chi connectivity index (χ1n) is 8.75. The lowest BCUT2D eigenvalue weighted by Crippen LogP contribution is -2.15. The van der Waals surface area contributed by atoms with Gasteiger partial charge in [0.1, 0.15) is 17.1 Å². The smallest absolute Gasteiger partial charge is 0.277 e. The second-order valence-corrected chi connectivity index (χ2v) is 7.17. The first kappa shape index (κ1) is 19.0. The number of aryl methyl sites for hydroxylation is 1.